The van der Waals surface area contributed by atoms with Gasteiger partial charge in [0.1, 0.15) is 17.3 Å². The zero-order chi connectivity index (χ0) is 19.4. The Morgan fingerprint density at radius 1 is 1.11 bits per heavy atom. The van der Waals surface area contributed by atoms with E-state index in [1.807, 2.05) is 0 Å². The Bertz CT molecular complexity index is 822. The summed E-state index contributed by atoms with van der Waals surface area (Å²) < 4.78 is 26.5. The Hall–Kier alpha value is -2.90. The van der Waals surface area contributed by atoms with Gasteiger partial charge in [0.2, 0.25) is 5.91 Å². The summed E-state index contributed by atoms with van der Waals surface area (Å²) in [4.78, 5) is 32.9. The van der Waals surface area contributed by atoms with E-state index < -0.39 is 17.6 Å². The molecule has 2 N–H and O–H groups in total. The van der Waals surface area contributed by atoms with Gasteiger partial charge < -0.3 is 10.6 Å². The summed E-state index contributed by atoms with van der Waals surface area (Å²) in [6.45, 7) is 1.80. The first kappa shape index (κ1) is 18.9. The highest BCUT2D eigenvalue weighted by Gasteiger charge is 2.34. The maximum Gasteiger partial charge on any atom is 0.271 e. The average molecular weight is 374 g/mol. The van der Waals surface area contributed by atoms with E-state index in [4.69, 9.17) is 0 Å². The number of halogens is 2. The van der Waals surface area contributed by atoms with Crippen LogP contribution in [0.3, 0.4) is 0 Å². The Kier molecular flexibility index (Phi) is 5.73. The van der Waals surface area contributed by atoms with E-state index in [0.29, 0.717) is 24.1 Å². The zero-order valence-corrected chi connectivity index (χ0v) is 14.8. The van der Waals surface area contributed by atoms with Crippen LogP contribution < -0.4 is 10.6 Å². The van der Waals surface area contributed by atoms with Crippen LogP contribution in [0, 0.1) is 24.5 Å². The number of benzene rings is 1. The lowest BCUT2D eigenvalue weighted by Gasteiger charge is -2.20. The minimum absolute atomic E-state index is 0.0219. The topological polar surface area (TPSA) is 84.0 Å². The van der Waals surface area contributed by atoms with E-state index in [9.17, 15) is 18.4 Å². The molecule has 3 rings (SSSR count). The summed E-state index contributed by atoms with van der Waals surface area (Å²) in [6.07, 6.45) is 5.02. The molecule has 1 heterocycles. The second kappa shape index (κ2) is 8.20. The van der Waals surface area contributed by atoms with Gasteiger partial charge in [-0.3, -0.25) is 14.6 Å². The van der Waals surface area contributed by atoms with Gasteiger partial charge in [0.25, 0.3) is 5.91 Å². The molecule has 1 aromatic heterocycles. The number of aryl methyl sites for hydroxylation is 1. The number of hydrogen-bond donors (Lipinski definition) is 2. The first-order chi connectivity index (χ1) is 12.9. The highest BCUT2D eigenvalue weighted by molar-refractivity contribution is 5.92. The highest BCUT2D eigenvalue weighted by Crippen LogP contribution is 2.26. The van der Waals surface area contributed by atoms with E-state index in [1.165, 1.54) is 24.5 Å². The molecule has 27 heavy (non-hydrogen) atoms. The summed E-state index contributed by atoms with van der Waals surface area (Å²) in [6, 6.07) is 2.81. The summed E-state index contributed by atoms with van der Waals surface area (Å²) in [5.41, 5.74) is 1.25. The minimum Gasteiger partial charge on any atom is -0.352 e. The molecule has 0 aliphatic heterocycles. The van der Waals surface area contributed by atoms with Gasteiger partial charge in [0.05, 0.1) is 17.8 Å². The summed E-state index contributed by atoms with van der Waals surface area (Å²) >= 11 is 0. The van der Waals surface area contributed by atoms with Crippen molar-refractivity contribution in [2.45, 2.75) is 38.8 Å². The molecule has 6 nitrogen and oxygen atoms in total. The maximum absolute atomic E-state index is 13.2. The van der Waals surface area contributed by atoms with E-state index >= 15 is 0 Å². The second-order valence-corrected chi connectivity index (χ2v) is 6.66. The number of amides is 2. The Morgan fingerprint density at radius 3 is 2.52 bits per heavy atom. The molecule has 8 heteroatoms. The molecular formula is C19H20F2N4O2. The Balaban J connectivity index is 1.59. The van der Waals surface area contributed by atoms with Crippen LogP contribution in [0.25, 0.3) is 0 Å². The number of carbonyl (C=O) groups excluding carboxylic acids is 2. The van der Waals surface area contributed by atoms with Crippen molar-refractivity contribution >= 4 is 11.8 Å². The fourth-order valence-electron chi connectivity index (χ4n) is 3.23. The van der Waals surface area contributed by atoms with Crippen molar-refractivity contribution < 1.29 is 18.4 Å². The van der Waals surface area contributed by atoms with Gasteiger partial charge in [-0.05, 0) is 37.5 Å². The highest BCUT2D eigenvalue weighted by atomic mass is 19.1. The normalized spacial score (nSPS) is 18.9. The van der Waals surface area contributed by atoms with Gasteiger partial charge in [0, 0.05) is 24.8 Å². The third-order valence-corrected chi connectivity index (χ3v) is 4.57. The molecule has 1 saturated carbocycles. The third-order valence-electron chi connectivity index (χ3n) is 4.57. The minimum atomic E-state index is -0.690. The van der Waals surface area contributed by atoms with Gasteiger partial charge in [-0.1, -0.05) is 6.42 Å². The SMILES string of the molecule is Cc1cnc(C(=O)N[C@@H]2CCC[C@@H]2C(=O)NCc2cc(F)cc(F)c2)cn1. The molecule has 1 aliphatic carbocycles. The van der Waals surface area contributed by atoms with E-state index in [1.54, 1.807) is 6.92 Å². The van der Waals surface area contributed by atoms with Gasteiger partial charge in [0.15, 0.2) is 0 Å². The van der Waals surface area contributed by atoms with Crippen molar-refractivity contribution in [3.63, 3.8) is 0 Å². The standard InChI is InChI=1S/C19H20F2N4O2/c1-11-8-23-17(10-22-11)19(27)25-16-4-2-3-15(16)18(26)24-9-12-5-13(20)7-14(21)6-12/h5-8,10,15-16H,2-4,9H2,1H3,(H,24,26)(H,25,27)/t15-,16+/m0/s1. The molecule has 0 saturated heterocycles. The van der Waals surface area contributed by atoms with Crippen molar-refractivity contribution in [2.75, 3.05) is 0 Å². The molecule has 142 valence electrons. The summed E-state index contributed by atoms with van der Waals surface area (Å²) in [5, 5.41) is 5.53. The van der Waals surface area contributed by atoms with E-state index in [-0.39, 0.29) is 30.1 Å². The quantitative estimate of drug-likeness (QED) is 0.841. The zero-order valence-electron chi connectivity index (χ0n) is 14.8. The second-order valence-electron chi connectivity index (χ2n) is 6.66. The van der Waals surface area contributed by atoms with Gasteiger partial charge >= 0.3 is 0 Å². The van der Waals surface area contributed by atoms with Crippen molar-refractivity contribution in [3.8, 4) is 0 Å². The van der Waals surface area contributed by atoms with Crippen molar-refractivity contribution in [1.29, 1.82) is 0 Å². The van der Waals surface area contributed by atoms with Gasteiger partial charge in [-0.25, -0.2) is 13.8 Å². The fourth-order valence-corrected chi connectivity index (χ4v) is 3.23. The van der Waals surface area contributed by atoms with Gasteiger partial charge in [-0.15, -0.1) is 0 Å². The Morgan fingerprint density at radius 2 is 1.85 bits per heavy atom. The lowest BCUT2D eigenvalue weighted by atomic mass is 10.0. The smallest absolute Gasteiger partial charge is 0.271 e. The largest absolute Gasteiger partial charge is 0.352 e. The first-order valence-electron chi connectivity index (χ1n) is 8.74. The first-order valence-corrected chi connectivity index (χ1v) is 8.74. The molecule has 0 radical (unpaired) electrons. The fraction of sp³-hybridized carbons (Fsp3) is 0.368. The average Bonchev–Trinajstić information content (AvgIpc) is 3.07. The molecule has 1 fully saturated rings. The molecule has 2 atom stereocenters. The molecule has 1 aromatic carbocycles. The van der Waals surface area contributed by atoms with Crippen molar-refractivity contribution in [2.24, 2.45) is 5.92 Å². The summed E-state index contributed by atoms with van der Waals surface area (Å²) in [7, 11) is 0. The van der Waals surface area contributed by atoms with Crippen LogP contribution in [-0.2, 0) is 11.3 Å². The lowest BCUT2D eigenvalue weighted by Crippen LogP contribution is -2.44. The summed E-state index contributed by atoms with van der Waals surface area (Å²) in [5.74, 6) is -2.41. The number of nitrogens with one attached hydrogen (secondary N) is 2. The van der Waals surface area contributed by atoms with Crippen molar-refractivity contribution in [3.05, 3.63) is 59.2 Å². The van der Waals surface area contributed by atoms with Gasteiger partial charge in [-0.2, -0.15) is 0 Å². The number of hydrogen-bond acceptors (Lipinski definition) is 4. The molecule has 2 amide bonds. The molecule has 0 spiro atoms. The van der Waals surface area contributed by atoms with Crippen LogP contribution >= 0.6 is 0 Å². The molecule has 0 unspecified atom stereocenters. The third kappa shape index (κ3) is 4.84. The molecule has 0 bridgehead atoms. The van der Waals surface area contributed by atoms with Crippen LogP contribution in [0.2, 0.25) is 0 Å². The van der Waals surface area contributed by atoms with Crippen LogP contribution in [0.1, 0.15) is 41.0 Å². The van der Waals surface area contributed by atoms with E-state index in [2.05, 4.69) is 20.6 Å². The number of nitrogens with zero attached hydrogens (tertiary/aromatic N) is 2. The molecule has 1 aliphatic rings. The van der Waals surface area contributed by atoms with Crippen LogP contribution in [-0.4, -0.2) is 27.8 Å². The van der Waals surface area contributed by atoms with Crippen LogP contribution in [0.4, 0.5) is 8.78 Å². The molecular weight excluding hydrogens is 354 g/mol. The molecule has 2 aromatic rings. The van der Waals surface area contributed by atoms with Crippen LogP contribution in [0.5, 0.6) is 0 Å². The Labute approximate surface area is 155 Å². The van der Waals surface area contributed by atoms with Crippen molar-refractivity contribution in [1.82, 2.24) is 20.6 Å². The predicted molar refractivity (Wildman–Crippen MR) is 93.6 cm³/mol. The number of carbonyl (C=O) groups is 2. The lowest BCUT2D eigenvalue weighted by molar-refractivity contribution is -0.125. The predicted octanol–water partition coefficient (Wildman–Crippen LogP) is 2.28. The maximum atomic E-state index is 13.2. The number of rotatable bonds is 5. The number of aromatic nitrogens is 2. The van der Waals surface area contributed by atoms with E-state index in [0.717, 1.165) is 12.5 Å². The van der Waals surface area contributed by atoms with Crippen LogP contribution in [0.15, 0.2) is 30.6 Å². The monoisotopic (exact) mass is 374 g/mol.